The van der Waals surface area contributed by atoms with Gasteiger partial charge < -0.3 is 9.80 Å². The molecule has 2 amide bonds. The molecule has 2 unspecified atom stereocenters. The lowest BCUT2D eigenvalue weighted by atomic mass is 9.89. The number of nitro benzene ring substituents is 1. The quantitative estimate of drug-likeness (QED) is 0.179. The zero-order valence-electron chi connectivity index (χ0n) is 21.4. The molecule has 0 saturated heterocycles. The zero-order valence-corrected chi connectivity index (χ0v) is 21.4. The second-order valence-corrected chi connectivity index (χ2v) is 9.55. The SMILES string of the molecule is CCCCCCC(=O)N1c2ccccc2C(N(C(=O)c2ccc([N+](=O)[O-])cc2)c2ccccc2)CC1C. The van der Waals surface area contributed by atoms with E-state index in [4.69, 9.17) is 0 Å². The summed E-state index contributed by atoms with van der Waals surface area (Å²) >= 11 is 0. The lowest BCUT2D eigenvalue weighted by Crippen LogP contribution is -2.47. The maximum atomic E-state index is 13.9. The van der Waals surface area contributed by atoms with Gasteiger partial charge in [-0.05, 0) is 55.7 Å². The molecule has 1 heterocycles. The minimum atomic E-state index is -0.476. The highest BCUT2D eigenvalue weighted by atomic mass is 16.6. The van der Waals surface area contributed by atoms with Crippen LogP contribution < -0.4 is 9.80 Å². The van der Waals surface area contributed by atoms with Crippen molar-refractivity contribution in [1.29, 1.82) is 0 Å². The van der Waals surface area contributed by atoms with E-state index in [-0.39, 0.29) is 29.6 Å². The van der Waals surface area contributed by atoms with Crippen LogP contribution in [0.4, 0.5) is 17.1 Å². The fourth-order valence-corrected chi connectivity index (χ4v) is 5.12. The standard InChI is InChI=1S/C30H33N3O4/c1-3-4-5-9-16-29(34)31-22(2)21-28(26-14-10-11-15-27(26)31)32(24-12-7-6-8-13-24)30(35)23-17-19-25(20-18-23)33(36)37/h6-8,10-15,17-20,22,28H,3-5,9,16,21H2,1-2H3. The lowest BCUT2D eigenvalue weighted by molar-refractivity contribution is -0.384. The Balaban J connectivity index is 1.71. The number of benzene rings is 3. The summed E-state index contributed by atoms with van der Waals surface area (Å²) in [6, 6.07) is 22.6. The van der Waals surface area contributed by atoms with E-state index in [9.17, 15) is 19.7 Å². The first-order valence-electron chi connectivity index (χ1n) is 13.0. The number of hydrogen-bond donors (Lipinski definition) is 0. The topological polar surface area (TPSA) is 83.8 Å². The Labute approximate surface area is 217 Å². The first kappa shape index (κ1) is 26.1. The molecule has 0 saturated carbocycles. The fourth-order valence-electron chi connectivity index (χ4n) is 5.12. The van der Waals surface area contributed by atoms with Crippen molar-refractivity contribution in [1.82, 2.24) is 0 Å². The van der Waals surface area contributed by atoms with Gasteiger partial charge in [-0.1, -0.05) is 62.6 Å². The average molecular weight is 500 g/mol. The number of para-hydroxylation sites is 2. The highest BCUT2D eigenvalue weighted by Gasteiger charge is 2.38. The Hall–Kier alpha value is -4.00. The Kier molecular flexibility index (Phi) is 8.33. The van der Waals surface area contributed by atoms with Crippen LogP contribution in [0.2, 0.25) is 0 Å². The molecule has 1 aliphatic rings. The van der Waals surface area contributed by atoms with Gasteiger partial charge in [-0.3, -0.25) is 19.7 Å². The Morgan fingerprint density at radius 3 is 2.30 bits per heavy atom. The van der Waals surface area contributed by atoms with Crippen LogP contribution in [0.3, 0.4) is 0 Å². The number of carbonyl (C=O) groups is 2. The predicted octanol–water partition coefficient (Wildman–Crippen LogP) is 7.08. The monoisotopic (exact) mass is 499 g/mol. The summed E-state index contributed by atoms with van der Waals surface area (Å²) in [5, 5.41) is 11.1. The van der Waals surface area contributed by atoms with Crippen molar-refractivity contribution in [3.63, 3.8) is 0 Å². The van der Waals surface area contributed by atoms with E-state index in [1.165, 1.54) is 24.3 Å². The van der Waals surface area contributed by atoms with Crippen LogP contribution in [-0.2, 0) is 4.79 Å². The third-order valence-corrected chi connectivity index (χ3v) is 6.96. The molecule has 4 rings (SSSR count). The molecule has 1 aliphatic heterocycles. The molecular formula is C30H33N3O4. The fraction of sp³-hybridized carbons (Fsp3) is 0.333. The first-order chi connectivity index (χ1) is 17.9. The number of hydrogen-bond acceptors (Lipinski definition) is 4. The van der Waals surface area contributed by atoms with E-state index in [2.05, 4.69) is 6.92 Å². The summed E-state index contributed by atoms with van der Waals surface area (Å²) in [6.07, 6.45) is 5.24. The second-order valence-electron chi connectivity index (χ2n) is 9.55. The molecule has 7 heteroatoms. The number of nitro groups is 1. The zero-order chi connectivity index (χ0) is 26.4. The Morgan fingerprint density at radius 2 is 1.62 bits per heavy atom. The van der Waals surface area contributed by atoms with Crippen LogP contribution in [0.5, 0.6) is 0 Å². The molecule has 3 aromatic rings. The molecule has 0 N–H and O–H groups in total. The van der Waals surface area contributed by atoms with E-state index in [0.29, 0.717) is 18.4 Å². The molecule has 37 heavy (non-hydrogen) atoms. The highest BCUT2D eigenvalue weighted by molar-refractivity contribution is 6.07. The summed E-state index contributed by atoms with van der Waals surface area (Å²) in [7, 11) is 0. The van der Waals surface area contributed by atoms with Gasteiger partial charge in [0.25, 0.3) is 11.6 Å². The van der Waals surface area contributed by atoms with Gasteiger partial charge in [0.05, 0.1) is 11.0 Å². The van der Waals surface area contributed by atoms with Crippen LogP contribution >= 0.6 is 0 Å². The molecule has 0 radical (unpaired) electrons. The molecule has 0 bridgehead atoms. The van der Waals surface area contributed by atoms with Gasteiger partial charge in [0, 0.05) is 41.5 Å². The van der Waals surface area contributed by atoms with Crippen LogP contribution in [0.25, 0.3) is 0 Å². The molecule has 0 spiro atoms. The van der Waals surface area contributed by atoms with Gasteiger partial charge in [0.15, 0.2) is 0 Å². The smallest absolute Gasteiger partial charge is 0.269 e. The predicted molar refractivity (Wildman–Crippen MR) is 146 cm³/mol. The van der Waals surface area contributed by atoms with Crippen LogP contribution in [0.1, 0.15) is 74.3 Å². The van der Waals surface area contributed by atoms with Crippen molar-refractivity contribution < 1.29 is 14.5 Å². The van der Waals surface area contributed by atoms with Gasteiger partial charge >= 0.3 is 0 Å². The summed E-state index contributed by atoms with van der Waals surface area (Å²) < 4.78 is 0. The van der Waals surface area contributed by atoms with Gasteiger partial charge in [-0.15, -0.1) is 0 Å². The van der Waals surface area contributed by atoms with Crippen LogP contribution in [-0.4, -0.2) is 22.8 Å². The summed E-state index contributed by atoms with van der Waals surface area (Å²) in [4.78, 5) is 41.6. The molecule has 7 nitrogen and oxygen atoms in total. The normalized spacial score (nSPS) is 16.6. The highest BCUT2D eigenvalue weighted by Crippen LogP contribution is 2.43. The minimum absolute atomic E-state index is 0.0625. The molecular weight excluding hydrogens is 466 g/mol. The van der Waals surface area contributed by atoms with Crippen molar-refractivity contribution in [2.45, 2.75) is 64.5 Å². The van der Waals surface area contributed by atoms with Gasteiger partial charge in [-0.25, -0.2) is 0 Å². The Morgan fingerprint density at radius 1 is 0.946 bits per heavy atom. The number of amides is 2. The van der Waals surface area contributed by atoms with Crippen molar-refractivity contribution in [2.24, 2.45) is 0 Å². The van der Waals surface area contributed by atoms with Crippen molar-refractivity contribution in [3.8, 4) is 0 Å². The van der Waals surface area contributed by atoms with Crippen molar-refractivity contribution in [3.05, 3.63) is 100 Å². The number of rotatable bonds is 9. The third-order valence-electron chi connectivity index (χ3n) is 6.96. The van der Waals surface area contributed by atoms with E-state index in [0.717, 1.165) is 42.6 Å². The van der Waals surface area contributed by atoms with E-state index < -0.39 is 4.92 Å². The van der Waals surface area contributed by atoms with Crippen LogP contribution in [0, 0.1) is 10.1 Å². The number of non-ortho nitro benzene ring substituents is 1. The molecule has 2 atom stereocenters. The molecule has 0 aliphatic carbocycles. The molecule has 0 fully saturated rings. The number of carbonyl (C=O) groups excluding carboxylic acids is 2. The first-order valence-corrected chi connectivity index (χ1v) is 13.0. The summed E-state index contributed by atoms with van der Waals surface area (Å²) in [5.74, 6) is -0.130. The number of anilines is 2. The van der Waals surface area contributed by atoms with E-state index in [1.54, 1.807) is 4.90 Å². The van der Waals surface area contributed by atoms with Gasteiger partial charge in [0.2, 0.25) is 5.91 Å². The van der Waals surface area contributed by atoms with Crippen LogP contribution in [0.15, 0.2) is 78.9 Å². The maximum absolute atomic E-state index is 13.9. The van der Waals surface area contributed by atoms with Crippen molar-refractivity contribution in [2.75, 3.05) is 9.80 Å². The lowest BCUT2D eigenvalue weighted by Gasteiger charge is -2.43. The van der Waals surface area contributed by atoms with Crippen molar-refractivity contribution >= 4 is 28.9 Å². The Bertz CT molecular complexity index is 1240. The summed E-state index contributed by atoms with van der Waals surface area (Å²) in [5.41, 5.74) is 2.80. The molecule has 0 aromatic heterocycles. The number of unbranched alkanes of at least 4 members (excludes halogenated alkanes) is 3. The van der Waals surface area contributed by atoms with E-state index in [1.807, 2.05) is 66.4 Å². The van der Waals surface area contributed by atoms with Gasteiger partial charge in [0.1, 0.15) is 0 Å². The minimum Gasteiger partial charge on any atom is -0.309 e. The number of nitrogens with zero attached hydrogens (tertiary/aromatic N) is 3. The molecule has 192 valence electrons. The number of fused-ring (bicyclic) bond motifs is 1. The molecule has 3 aromatic carbocycles. The maximum Gasteiger partial charge on any atom is 0.269 e. The summed E-state index contributed by atoms with van der Waals surface area (Å²) in [6.45, 7) is 4.19. The van der Waals surface area contributed by atoms with Gasteiger partial charge in [-0.2, -0.15) is 0 Å². The second kappa shape index (κ2) is 11.8. The largest absolute Gasteiger partial charge is 0.309 e. The van der Waals surface area contributed by atoms with E-state index >= 15 is 0 Å². The average Bonchev–Trinajstić information content (AvgIpc) is 2.91. The third kappa shape index (κ3) is 5.71.